The van der Waals surface area contributed by atoms with Crippen LogP contribution < -0.4 is 4.74 Å². The van der Waals surface area contributed by atoms with Crippen LogP contribution in [0.5, 0.6) is 5.88 Å². The summed E-state index contributed by atoms with van der Waals surface area (Å²) in [6.45, 7) is 3.32. The Morgan fingerprint density at radius 2 is 2.17 bits per heavy atom. The van der Waals surface area contributed by atoms with E-state index < -0.39 is 11.9 Å². The normalized spacial score (nSPS) is 23.8. The predicted molar refractivity (Wildman–Crippen MR) is 88.3 cm³/mol. The molecule has 1 saturated carbocycles. The highest BCUT2D eigenvalue weighted by molar-refractivity contribution is 6.32. The van der Waals surface area contributed by atoms with E-state index in [1.54, 1.807) is 11.0 Å². The van der Waals surface area contributed by atoms with Crippen LogP contribution in [-0.2, 0) is 4.79 Å². The number of halogens is 1. The number of carboxylic acids is 1. The second kappa shape index (κ2) is 6.97. The van der Waals surface area contributed by atoms with Crippen molar-refractivity contribution in [3.63, 3.8) is 0 Å². The van der Waals surface area contributed by atoms with E-state index in [0.29, 0.717) is 48.5 Å². The first-order chi connectivity index (χ1) is 11.5. The number of hydrogen-bond donors (Lipinski definition) is 1. The maximum atomic E-state index is 12.6. The minimum atomic E-state index is -0.795. The van der Waals surface area contributed by atoms with E-state index in [1.807, 2.05) is 6.92 Å². The van der Waals surface area contributed by atoms with Gasteiger partial charge >= 0.3 is 5.97 Å². The molecule has 0 spiro atoms. The molecule has 1 saturated heterocycles. The molecule has 0 bridgehead atoms. The molecule has 3 rings (SSSR count). The third-order valence-corrected chi connectivity index (χ3v) is 4.99. The molecule has 7 heteroatoms. The number of ether oxygens (including phenoxy) is 1. The Labute approximate surface area is 145 Å². The smallest absolute Gasteiger partial charge is 0.306 e. The molecule has 6 nitrogen and oxygen atoms in total. The molecule has 0 aromatic carbocycles. The zero-order valence-electron chi connectivity index (χ0n) is 13.6. The van der Waals surface area contributed by atoms with Crippen molar-refractivity contribution < 1.29 is 19.4 Å². The third-order valence-electron chi connectivity index (χ3n) is 4.72. The summed E-state index contributed by atoms with van der Waals surface area (Å²) in [6, 6.07) is 1.58. The van der Waals surface area contributed by atoms with Crippen LogP contribution in [0.3, 0.4) is 0 Å². The molecular formula is C17H21ClN2O4. The lowest BCUT2D eigenvalue weighted by Crippen LogP contribution is -2.45. The number of rotatable bonds is 5. The standard InChI is InChI=1S/C17H21ClN2O4/c1-10-8-20(5-4-13(10)17(22)23)16(21)12-6-14(18)15(19-7-12)24-9-11-2-3-11/h6-7,10-11,13H,2-5,8-9H2,1H3,(H,22,23). The van der Waals surface area contributed by atoms with Crippen molar-refractivity contribution in [2.75, 3.05) is 19.7 Å². The Hall–Kier alpha value is -1.82. The highest BCUT2D eigenvalue weighted by Gasteiger charge is 2.33. The molecule has 2 atom stereocenters. The summed E-state index contributed by atoms with van der Waals surface area (Å²) in [6.07, 6.45) is 4.30. The van der Waals surface area contributed by atoms with Crippen LogP contribution in [0.1, 0.15) is 36.5 Å². The molecule has 1 amide bonds. The molecule has 1 aromatic rings. The number of carbonyl (C=O) groups excluding carboxylic acids is 1. The third kappa shape index (κ3) is 3.80. The Morgan fingerprint density at radius 3 is 2.75 bits per heavy atom. The largest absolute Gasteiger partial charge is 0.481 e. The summed E-state index contributed by atoms with van der Waals surface area (Å²) in [5, 5.41) is 9.50. The van der Waals surface area contributed by atoms with Crippen molar-refractivity contribution >= 4 is 23.5 Å². The lowest BCUT2D eigenvalue weighted by molar-refractivity contribution is -0.145. The predicted octanol–water partition coefficient (Wildman–Crippen LogP) is 2.71. The van der Waals surface area contributed by atoms with Gasteiger partial charge in [0.25, 0.3) is 5.91 Å². The topological polar surface area (TPSA) is 79.7 Å². The Morgan fingerprint density at radius 1 is 1.42 bits per heavy atom. The molecule has 130 valence electrons. The Kier molecular flexibility index (Phi) is 4.94. The monoisotopic (exact) mass is 352 g/mol. The number of pyridine rings is 1. The molecule has 2 unspecified atom stereocenters. The van der Waals surface area contributed by atoms with Gasteiger partial charge in [-0.2, -0.15) is 0 Å². The summed E-state index contributed by atoms with van der Waals surface area (Å²) in [5.74, 6) is -0.483. The zero-order valence-corrected chi connectivity index (χ0v) is 14.3. The highest BCUT2D eigenvalue weighted by Crippen LogP contribution is 2.31. The van der Waals surface area contributed by atoms with Gasteiger partial charge in [0, 0.05) is 19.3 Å². The van der Waals surface area contributed by atoms with Crippen LogP contribution in [0.15, 0.2) is 12.3 Å². The summed E-state index contributed by atoms with van der Waals surface area (Å²) < 4.78 is 5.57. The van der Waals surface area contributed by atoms with Crippen molar-refractivity contribution in [3.05, 3.63) is 22.8 Å². The molecule has 2 aliphatic rings. The van der Waals surface area contributed by atoms with Crippen LogP contribution >= 0.6 is 11.6 Å². The van der Waals surface area contributed by atoms with Crippen molar-refractivity contribution in [1.29, 1.82) is 0 Å². The number of likely N-dealkylation sites (tertiary alicyclic amines) is 1. The van der Waals surface area contributed by atoms with Crippen LogP contribution in [-0.4, -0.2) is 46.6 Å². The number of aliphatic carboxylic acids is 1. The van der Waals surface area contributed by atoms with Crippen molar-refractivity contribution in [3.8, 4) is 5.88 Å². The van der Waals surface area contributed by atoms with Gasteiger partial charge in [0.05, 0.1) is 18.1 Å². The lowest BCUT2D eigenvalue weighted by Gasteiger charge is -2.35. The number of nitrogens with zero attached hydrogens (tertiary/aromatic N) is 2. The molecule has 24 heavy (non-hydrogen) atoms. The fraction of sp³-hybridized carbons (Fsp3) is 0.588. The first kappa shape index (κ1) is 17.0. The van der Waals surface area contributed by atoms with E-state index >= 15 is 0 Å². The molecule has 1 N–H and O–H groups in total. The minimum absolute atomic E-state index is 0.0789. The fourth-order valence-electron chi connectivity index (χ4n) is 3.01. The van der Waals surface area contributed by atoms with Gasteiger partial charge in [-0.05, 0) is 37.2 Å². The van der Waals surface area contributed by atoms with Gasteiger partial charge in [-0.1, -0.05) is 18.5 Å². The number of carboxylic acid groups (broad SMARTS) is 1. The molecule has 2 heterocycles. The van der Waals surface area contributed by atoms with E-state index in [0.717, 1.165) is 0 Å². The van der Waals surface area contributed by atoms with Gasteiger partial charge in [-0.3, -0.25) is 9.59 Å². The van der Waals surface area contributed by atoms with Crippen LogP contribution in [0.4, 0.5) is 0 Å². The van der Waals surface area contributed by atoms with Gasteiger partial charge in [0.2, 0.25) is 5.88 Å². The zero-order chi connectivity index (χ0) is 17.3. The van der Waals surface area contributed by atoms with Crippen molar-refractivity contribution in [1.82, 2.24) is 9.88 Å². The average molecular weight is 353 g/mol. The first-order valence-electron chi connectivity index (χ1n) is 8.26. The van der Waals surface area contributed by atoms with Gasteiger partial charge in [-0.25, -0.2) is 4.98 Å². The van der Waals surface area contributed by atoms with Crippen molar-refractivity contribution in [2.24, 2.45) is 17.8 Å². The molecule has 1 aliphatic heterocycles. The maximum Gasteiger partial charge on any atom is 0.306 e. The summed E-state index contributed by atoms with van der Waals surface area (Å²) in [5.41, 5.74) is 0.403. The number of piperidine rings is 1. The quantitative estimate of drug-likeness (QED) is 0.881. The highest BCUT2D eigenvalue weighted by atomic mass is 35.5. The van der Waals surface area contributed by atoms with Gasteiger partial charge < -0.3 is 14.7 Å². The van der Waals surface area contributed by atoms with E-state index in [1.165, 1.54) is 19.0 Å². The van der Waals surface area contributed by atoms with Crippen LogP contribution in [0, 0.1) is 17.8 Å². The summed E-state index contributed by atoms with van der Waals surface area (Å²) in [7, 11) is 0. The molecular weight excluding hydrogens is 332 g/mol. The molecule has 1 aliphatic carbocycles. The first-order valence-corrected chi connectivity index (χ1v) is 8.64. The number of hydrogen-bond acceptors (Lipinski definition) is 4. The molecule has 1 aromatic heterocycles. The van der Waals surface area contributed by atoms with E-state index in [-0.39, 0.29) is 11.8 Å². The van der Waals surface area contributed by atoms with E-state index in [4.69, 9.17) is 21.4 Å². The number of amides is 1. The van der Waals surface area contributed by atoms with E-state index in [2.05, 4.69) is 4.98 Å². The Bertz CT molecular complexity index is 647. The summed E-state index contributed by atoms with van der Waals surface area (Å²) in [4.78, 5) is 29.6. The van der Waals surface area contributed by atoms with E-state index in [9.17, 15) is 9.59 Å². The Balaban J connectivity index is 1.64. The fourth-order valence-corrected chi connectivity index (χ4v) is 3.23. The molecule has 2 fully saturated rings. The van der Waals surface area contributed by atoms with Gasteiger partial charge in [0.15, 0.2) is 0 Å². The van der Waals surface area contributed by atoms with Crippen LogP contribution in [0.2, 0.25) is 5.02 Å². The van der Waals surface area contributed by atoms with Crippen molar-refractivity contribution in [2.45, 2.75) is 26.2 Å². The van der Waals surface area contributed by atoms with Gasteiger partial charge in [-0.15, -0.1) is 0 Å². The SMILES string of the molecule is CC1CN(C(=O)c2cnc(OCC3CC3)c(Cl)c2)CCC1C(=O)O. The molecule has 0 radical (unpaired) electrons. The average Bonchev–Trinajstić information content (AvgIpc) is 3.36. The van der Waals surface area contributed by atoms with Gasteiger partial charge in [0.1, 0.15) is 5.02 Å². The lowest BCUT2D eigenvalue weighted by atomic mass is 9.87. The summed E-state index contributed by atoms with van der Waals surface area (Å²) >= 11 is 6.17. The second-order valence-corrected chi connectivity index (χ2v) is 7.13. The number of aromatic nitrogens is 1. The minimum Gasteiger partial charge on any atom is -0.481 e. The second-order valence-electron chi connectivity index (χ2n) is 6.73. The number of carbonyl (C=O) groups is 2. The maximum absolute atomic E-state index is 12.6. The van der Waals surface area contributed by atoms with Crippen LogP contribution in [0.25, 0.3) is 0 Å².